The second kappa shape index (κ2) is 5.38. The minimum Gasteiger partial charge on any atom is -0.469 e. The van der Waals surface area contributed by atoms with Crippen molar-refractivity contribution in [2.75, 3.05) is 20.2 Å². The first-order valence-corrected chi connectivity index (χ1v) is 5.86. The van der Waals surface area contributed by atoms with Gasteiger partial charge in [-0.3, -0.25) is 4.79 Å². The molecule has 1 heterocycles. The minimum atomic E-state index is -0.475. The fourth-order valence-corrected chi connectivity index (χ4v) is 1.81. The van der Waals surface area contributed by atoms with Gasteiger partial charge in [-0.1, -0.05) is 0 Å². The van der Waals surface area contributed by atoms with Gasteiger partial charge in [-0.15, -0.1) is 0 Å². The Hall–Kier alpha value is -1.26. The Labute approximate surface area is 102 Å². The predicted molar refractivity (Wildman–Crippen MR) is 62.5 cm³/mol. The average Bonchev–Trinajstić information content (AvgIpc) is 2.63. The van der Waals surface area contributed by atoms with E-state index in [-0.39, 0.29) is 18.0 Å². The number of carbonyl (C=O) groups excluding carboxylic acids is 2. The lowest BCUT2D eigenvalue weighted by Gasteiger charge is -2.24. The van der Waals surface area contributed by atoms with Gasteiger partial charge in [-0.25, -0.2) is 4.79 Å². The molecule has 1 saturated heterocycles. The van der Waals surface area contributed by atoms with Crippen LogP contribution in [0.3, 0.4) is 0 Å². The van der Waals surface area contributed by atoms with E-state index in [1.165, 1.54) is 7.11 Å². The van der Waals surface area contributed by atoms with Crippen LogP contribution in [-0.4, -0.2) is 42.8 Å². The third-order valence-corrected chi connectivity index (χ3v) is 2.62. The Morgan fingerprint density at radius 3 is 2.53 bits per heavy atom. The lowest BCUT2D eigenvalue weighted by Crippen LogP contribution is -2.35. The number of carbonyl (C=O) groups is 2. The Morgan fingerprint density at radius 2 is 2.00 bits per heavy atom. The minimum absolute atomic E-state index is 0.190. The van der Waals surface area contributed by atoms with Crippen LogP contribution in [-0.2, 0) is 14.3 Å². The van der Waals surface area contributed by atoms with E-state index < -0.39 is 5.60 Å². The van der Waals surface area contributed by atoms with E-state index in [9.17, 15) is 9.59 Å². The van der Waals surface area contributed by atoms with Crippen molar-refractivity contribution in [2.45, 2.75) is 39.2 Å². The van der Waals surface area contributed by atoms with Crippen LogP contribution in [0.5, 0.6) is 0 Å². The molecule has 0 aromatic carbocycles. The highest BCUT2D eigenvalue weighted by Crippen LogP contribution is 2.22. The molecule has 98 valence electrons. The smallest absolute Gasteiger partial charge is 0.410 e. The summed E-state index contributed by atoms with van der Waals surface area (Å²) in [6, 6.07) is 0. The first kappa shape index (κ1) is 13.8. The van der Waals surface area contributed by atoms with Crippen LogP contribution < -0.4 is 0 Å². The zero-order chi connectivity index (χ0) is 13.1. The van der Waals surface area contributed by atoms with Crippen molar-refractivity contribution in [2.24, 2.45) is 5.92 Å². The van der Waals surface area contributed by atoms with E-state index in [0.29, 0.717) is 19.5 Å². The summed E-state index contributed by atoms with van der Waals surface area (Å²) < 4.78 is 9.89. The number of likely N-dealkylation sites (tertiary alicyclic amines) is 1. The van der Waals surface area contributed by atoms with Gasteiger partial charge in [0.25, 0.3) is 0 Å². The standard InChI is InChI=1S/C12H21NO4/c1-12(2,3)17-11(15)13-6-5-9(8-13)7-10(14)16-4/h9H,5-8H2,1-4H3/t9-/m1/s1. The molecule has 5 nitrogen and oxygen atoms in total. The summed E-state index contributed by atoms with van der Waals surface area (Å²) >= 11 is 0. The van der Waals surface area contributed by atoms with Crippen molar-refractivity contribution in [3.8, 4) is 0 Å². The fraction of sp³-hybridized carbons (Fsp3) is 0.833. The summed E-state index contributed by atoms with van der Waals surface area (Å²) in [6.45, 7) is 6.74. The summed E-state index contributed by atoms with van der Waals surface area (Å²) in [5.41, 5.74) is -0.475. The maximum absolute atomic E-state index is 11.7. The molecule has 0 bridgehead atoms. The van der Waals surface area contributed by atoms with Crippen LogP contribution in [0.1, 0.15) is 33.6 Å². The molecule has 0 radical (unpaired) electrons. The van der Waals surface area contributed by atoms with Crippen LogP contribution in [0, 0.1) is 5.92 Å². The number of methoxy groups -OCH3 is 1. The third-order valence-electron chi connectivity index (χ3n) is 2.62. The molecule has 17 heavy (non-hydrogen) atoms. The van der Waals surface area contributed by atoms with Crippen LogP contribution in [0.4, 0.5) is 4.79 Å². The van der Waals surface area contributed by atoms with Gasteiger partial charge >= 0.3 is 12.1 Å². The lowest BCUT2D eigenvalue weighted by atomic mass is 10.1. The molecule has 1 rings (SSSR count). The molecule has 1 fully saturated rings. The molecular formula is C12H21NO4. The summed E-state index contributed by atoms with van der Waals surface area (Å²) in [6.07, 6.45) is 0.898. The van der Waals surface area contributed by atoms with E-state index in [4.69, 9.17) is 4.74 Å². The van der Waals surface area contributed by atoms with Gasteiger partial charge in [0.1, 0.15) is 5.60 Å². The number of hydrogen-bond acceptors (Lipinski definition) is 4. The molecule has 1 atom stereocenters. The topological polar surface area (TPSA) is 55.8 Å². The number of esters is 1. The fourth-order valence-electron chi connectivity index (χ4n) is 1.81. The van der Waals surface area contributed by atoms with Gasteiger partial charge in [-0.05, 0) is 33.1 Å². The zero-order valence-electron chi connectivity index (χ0n) is 11.0. The van der Waals surface area contributed by atoms with Crippen molar-refractivity contribution in [3.63, 3.8) is 0 Å². The van der Waals surface area contributed by atoms with Crippen molar-refractivity contribution in [1.29, 1.82) is 0 Å². The molecule has 1 aliphatic heterocycles. The Bertz CT molecular complexity index is 295. The number of hydrogen-bond donors (Lipinski definition) is 0. The quantitative estimate of drug-likeness (QED) is 0.694. The molecule has 0 unspecified atom stereocenters. The van der Waals surface area contributed by atoms with Crippen LogP contribution in [0.25, 0.3) is 0 Å². The van der Waals surface area contributed by atoms with E-state index in [0.717, 1.165) is 6.42 Å². The Kier molecular flexibility index (Phi) is 4.37. The van der Waals surface area contributed by atoms with E-state index >= 15 is 0 Å². The molecule has 1 aliphatic rings. The molecule has 0 aromatic rings. The highest BCUT2D eigenvalue weighted by atomic mass is 16.6. The second-order valence-corrected chi connectivity index (χ2v) is 5.36. The van der Waals surface area contributed by atoms with E-state index in [1.54, 1.807) is 4.90 Å². The molecule has 5 heteroatoms. The number of amides is 1. The van der Waals surface area contributed by atoms with Crippen LogP contribution >= 0.6 is 0 Å². The first-order chi connectivity index (χ1) is 7.81. The maximum Gasteiger partial charge on any atom is 0.410 e. The molecule has 0 saturated carbocycles. The van der Waals surface area contributed by atoms with Crippen LogP contribution in [0.15, 0.2) is 0 Å². The largest absolute Gasteiger partial charge is 0.469 e. The molecular weight excluding hydrogens is 222 g/mol. The van der Waals surface area contributed by atoms with E-state index in [2.05, 4.69) is 4.74 Å². The monoisotopic (exact) mass is 243 g/mol. The van der Waals surface area contributed by atoms with Gasteiger partial charge in [0.05, 0.1) is 13.5 Å². The van der Waals surface area contributed by atoms with Crippen molar-refractivity contribution in [3.05, 3.63) is 0 Å². The molecule has 0 aliphatic carbocycles. The van der Waals surface area contributed by atoms with Gasteiger partial charge in [-0.2, -0.15) is 0 Å². The second-order valence-electron chi connectivity index (χ2n) is 5.36. The number of nitrogens with zero attached hydrogens (tertiary/aromatic N) is 1. The van der Waals surface area contributed by atoms with Gasteiger partial charge in [0.15, 0.2) is 0 Å². The van der Waals surface area contributed by atoms with Crippen molar-refractivity contribution in [1.82, 2.24) is 4.90 Å². The molecule has 0 spiro atoms. The molecule has 0 aromatic heterocycles. The Morgan fingerprint density at radius 1 is 1.35 bits per heavy atom. The van der Waals surface area contributed by atoms with Crippen LogP contribution in [0.2, 0.25) is 0 Å². The molecule has 1 amide bonds. The SMILES string of the molecule is COC(=O)C[C@H]1CCN(C(=O)OC(C)(C)C)C1. The summed E-state index contributed by atoms with van der Waals surface area (Å²) in [7, 11) is 1.38. The average molecular weight is 243 g/mol. The lowest BCUT2D eigenvalue weighted by molar-refractivity contribution is -0.141. The van der Waals surface area contributed by atoms with Crippen molar-refractivity contribution < 1.29 is 19.1 Å². The third kappa shape index (κ3) is 4.63. The highest BCUT2D eigenvalue weighted by Gasteiger charge is 2.30. The Balaban J connectivity index is 2.39. The summed E-state index contributed by atoms with van der Waals surface area (Å²) in [4.78, 5) is 24.5. The molecule has 0 N–H and O–H groups in total. The van der Waals surface area contributed by atoms with Gasteiger partial charge < -0.3 is 14.4 Å². The normalized spacial score (nSPS) is 20.2. The zero-order valence-corrected chi connectivity index (χ0v) is 11.0. The van der Waals surface area contributed by atoms with E-state index in [1.807, 2.05) is 20.8 Å². The summed E-state index contributed by atoms with van der Waals surface area (Å²) in [5.74, 6) is -0.0315. The van der Waals surface area contributed by atoms with Crippen molar-refractivity contribution >= 4 is 12.1 Å². The first-order valence-electron chi connectivity index (χ1n) is 5.86. The summed E-state index contributed by atoms with van der Waals surface area (Å²) in [5, 5.41) is 0. The van der Waals surface area contributed by atoms with Gasteiger partial charge in [0.2, 0.25) is 0 Å². The van der Waals surface area contributed by atoms with Gasteiger partial charge in [0, 0.05) is 13.1 Å². The predicted octanol–water partition coefficient (Wildman–Crippen LogP) is 1.81. The number of ether oxygens (including phenoxy) is 2. The number of rotatable bonds is 2. The highest BCUT2D eigenvalue weighted by molar-refractivity contribution is 5.71. The maximum atomic E-state index is 11.7.